The number of aromatic carboxylic acids is 1. The van der Waals surface area contributed by atoms with E-state index in [2.05, 4.69) is 15.5 Å². The number of benzene rings is 1. The Balaban J connectivity index is 2.25. The first-order valence-corrected chi connectivity index (χ1v) is 8.62. The molecule has 1 aromatic heterocycles. The molecule has 8 nitrogen and oxygen atoms in total. The van der Waals surface area contributed by atoms with Crippen LogP contribution in [0.25, 0.3) is 0 Å². The SMILES string of the molecule is CCc1nnc(CNc2ccc(S(N)(=O)=O)cc2C(=O)O)s1. The third kappa shape index (κ3) is 3.78. The Hall–Kier alpha value is -2.04. The Bertz CT molecular complexity index is 801. The molecule has 0 saturated carbocycles. The molecule has 0 atom stereocenters. The lowest BCUT2D eigenvalue weighted by Crippen LogP contribution is -2.14. The molecule has 0 bridgehead atoms. The number of hydrogen-bond acceptors (Lipinski definition) is 7. The van der Waals surface area contributed by atoms with Crippen molar-refractivity contribution in [3.05, 3.63) is 33.8 Å². The van der Waals surface area contributed by atoms with Gasteiger partial charge in [-0.25, -0.2) is 18.4 Å². The number of carboxylic acid groups (broad SMARTS) is 1. The average Bonchev–Trinajstić information content (AvgIpc) is 2.91. The van der Waals surface area contributed by atoms with Crippen molar-refractivity contribution in [2.24, 2.45) is 5.14 Å². The van der Waals surface area contributed by atoms with Crippen LogP contribution >= 0.6 is 11.3 Å². The summed E-state index contributed by atoms with van der Waals surface area (Å²) >= 11 is 1.43. The van der Waals surface area contributed by atoms with E-state index < -0.39 is 16.0 Å². The van der Waals surface area contributed by atoms with Gasteiger partial charge in [-0.3, -0.25) is 0 Å². The van der Waals surface area contributed by atoms with Crippen molar-refractivity contribution in [2.75, 3.05) is 5.32 Å². The van der Waals surface area contributed by atoms with Crippen LogP contribution in [-0.2, 0) is 23.0 Å². The summed E-state index contributed by atoms with van der Waals surface area (Å²) < 4.78 is 22.6. The number of anilines is 1. The number of nitrogens with two attached hydrogens (primary N) is 1. The van der Waals surface area contributed by atoms with Gasteiger partial charge in [-0.2, -0.15) is 0 Å². The first-order valence-electron chi connectivity index (χ1n) is 6.26. The van der Waals surface area contributed by atoms with Crippen LogP contribution in [0.3, 0.4) is 0 Å². The molecule has 0 aliphatic rings. The van der Waals surface area contributed by atoms with Gasteiger partial charge in [-0.05, 0) is 24.6 Å². The second-order valence-electron chi connectivity index (χ2n) is 4.35. The fourth-order valence-electron chi connectivity index (χ4n) is 1.70. The van der Waals surface area contributed by atoms with Gasteiger partial charge in [0.2, 0.25) is 10.0 Å². The van der Waals surface area contributed by atoms with Crippen LogP contribution in [0.2, 0.25) is 0 Å². The first kappa shape index (κ1) is 16.3. The topological polar surface area (TPSA) is 135 Å². The number of nitrogens with zero attached hydrogens (tertiary/aromatic N) is 2. The Morgan fingerprint density at radius 2 is 2.05 bits per heavy atom. The maximum Gasteiger partial charge on any atom is 0.337 e. The number of primary sulfonamides is 1. The molecule has 2 rings (SSSR count). The van der Waals surface area contributed by atoms with Gasteiger partial charge < -0.3 is 10.4 Å². The van der Waals surface area contributed by atoms with E-state index in [9.17, 15) is 18.3 Å². The van der Waals surface area contributed by atoms with Gasteiger partial charge in [0.1, 0.15) is 10.0 Å². The van der Waals surface area contributed by atoms with Gasteiger partial charge in [-0.1, -0.05) is 18.3 Å². The van der Waals surface area contributed by atoms with Crippen LogP contribution in [-0.4, -0.2) is 29.7 Å². The predicted molar refractivity (Wildman–Crippen MR) is 81.4 cm³/mol. The smallest absolute Gasteiger partial charge is 0.337 e. The molecule has 4 N–H and O–H groups in total. The number of carbonyl (C=O) groups is 1. The van der Waals surface area contributed by atoms with E-state index in [1.807, 2.05) is 6.92 Å². The number of hydrogen-bond donors (Lipinski definition) is 3. The molecule has 22 heavy (non-hydrogen) atoms. The fourth-order valence-corrected chi connectivity index (χ4v) is 2.97. The summed E-state index contributed by atoms with van der Waals surface area (Å²) in [5.41, 5.74) is 0.111. The normalized spacial score (nSPS) is 11.4. The molecule has 0 amide bonds. The van der Waals surface area contributed by atoms with Gasteiger partial charge in [0.05, 0.1) is 17.0 Å². The van der Waals surface area contributed by atoms with E-state index in [0.717, 1.165) is 17.5 Å². The minimum Gasteiger partial charge on any atom is -0.478 e. The lowest BCUT2D eigenvalue weighted by Gasteiger charge is -2.09. The van der Waals surface area contributed by atoms with Crippen molar-refractivity contribution in [3.63, 3.8) is 0 Å². The van der Waals surface area contributed by atoms with E-state index >= 15 is 0 Å². The van der Waals surface area contributed by atoms with Crippen molar-refractivity contribution in [1.82, 2.24) is 10.2 Å². The van der Waals surface area contributed by atoms with Crippen molar-refractivity contribution < 1.29 is 18.3 Å². The second-order valence-corrected chi connectivity index (χ2v) is 7.06. The quantitative estimate of drug-likeness (QED) is 0.714. The first-order chi connectivity index (χ1) is 10.3. The number of carboxylic acids is 1. The minimum absolute atomic E-state index is 0.174. The zero-order valence-electron chi connectivity index (χ0n) is 11.6. The monoisotopic (exact) mass is 342 g/mol. The fraction of sp³-hybridized carbons (Fsp3) is 0.250. The molecular formula is C12H14N4O4S2. The van der Waals surface area contributed by atoms with Crippen LogP contribution in [0.4, 0.5) is 5.69 Å². The van der Waals surface area contributed by atoms with Crippen LogP contribution in [0.1, 0.15) is 27.3 Å². The van der Waals surface area contributed by atoms with E-state index in [1.54, 1.807) is 0 Å². The molecule has 0 aliphatic carbocycles. The molecule has 0 spiro atoms. The van der Waals surface area contributed by atoms with Crippen LogP contribution in [0.5, 0.6) is 0 Å². The highest BCUT2D eigenvalue weighted by Gasteiger charge is 2.16. The molecule has 1 aromatic carbocycles. The summed E-state index contributed by atoms with van der Waals surface area (Å²) in [5.74, 6) is -1.25. The van der Waals surface area contributed by atoms with Gasteiger partial charge in [-0.15, -0.1) is 10.2 Å². The molecule has 0 saturated heterocycles. The zero-order valence-corrected chi connectivity index (χ0v) is 13.2. The Morgan fingerprint density at radius 1 is 1.36 bits per heavy atom. The molecule has 0 aliphatic heterocycles. The molecular weight excluding hydrogens is 328 g/mol. The molecule has 2 aromatic rings. The highest BCUT2D eigenvalue weighted by Crippen LogP contribution is 2.21. The van der Waals surface area contributed by atoms with Crippen LogP contribution in [0.15, 0.2) is 23.1 Å². The summed E-state index contributed by atoms with van der Waals surface area (Å²) in [6.45, 7) is 2.26. The van der Waals surface area contributed by atoms with E-state index in [1.165, 1.54) is 23.5 Å². The van der Waals surface area contributed by atoms with Crippen molar-refractivity contribution in [3.8, 4) is 0 Å². The molecule has 10 heteroatoms. The van der Waals surface area contributed by atoms with Gasteiger partial charge in [0, 0.05) is 5.69 Å². The van der Waals surface area contributed by atoms with Crippen LogP contribution < -0.4 is 10.5 Å². The highest BCUT2D eigenvalue weighted by molar-refractivity contribution is 7.89. The molecule has 0 unspecified atom stereocenters. The summed E-state index contributed by atoms with van der Waals surface area (Å²) in [4.78, 5) is 11.0. The summed E-state index contributed by atoms with van der Waals surface area (Å²) in [6.07, 6.45) is 0.779. The van der Waals surface area contributed by atoms with Gasteiger partial charge in [0.25, 0.3) is 0 Å². The van der Waals surface area contributed by atoms with Gasteiger partial charge in [0.15, 0.2) is 0 Å². The second kappa shape index (κ2) is 6.38. The summed E-state index contributed by atoms with van der Waals surface area (Å²) in [5, 5.41) is 26.7. The van der Waals surface area contributed by atoms with E-state index in [-0.39, 0.29) is 16.1 Å². The molecule has 118 valence electrons. The van der Waals surface area contributed by atoms with Gasteiger partial charge >= 0.3 is 5.97 Å². The summed E-state index contributed by atoms with van der Waals surface area (Å²) in [6, 6.07) is 3.64. The number of aromatic nitrogens is 2. The van der Waals surface area contributed by atoms with Crippen molar-refractivity contribution >= 4 is 33.0 Å². The number of sulfonamides is 1. The van der Waals surface area contributed by atoms with Crippen LogP contribution in [0, 0.1) is 0 Å². The Labute approximate surface area is 131 Å². The maximum absolute atomic E-state index is 11.3. The molecule has 1 heterocycles. The van der Waals surface area contributed by atoms with E-state index in [0.29, 0.717) is 11.6 Å². The largest absolute Gasteiger partial charge is 0.478 e. The number of rotatable bonds is 6. The Morgan fingerprint density at radius 3 is 2.59 bits per heavy atom. The third-order valence-corrected chi connectivity index (χ3v) is 4.77. The zero-order chi connectivity index (χ0) is 16.3. The highest BCUT2D eigenvalue weighted by atomic mass is 32.2. The number of aryl methyl sites for hydroxylation is 1. The molecule has 0 fully saturated rings. The lowest BCUT2D eigenvalue weighted by atomic mass is 10.2. The predicted octanol–water partition coefficient (Wildman–Crippen LogP) is 1.06. The minimum atomic E-state index is -3.95. The van der Waals surface area contributed by atoms with Crippen molar-refractivity contribution in [2.45, 2.75) is 24.8 Å². The maximum atomic E-state index is 11.3. The summed E-state index contributed by atoms with van der Waals surface area (Å²) in [7, 11) is -3.95. The van der Waals surface area contributed by atoms with Crippen molar-refractivity contribution in [1.29, 1.82) is 0 Å². The third-order valence-electron chi connectivity index (χ3n) is 2.79. The molecule has 0 radical (unpaired) electrons. The standard InChI is InChI=1S/C12H14N4O4S2/c1-2-10-15-16-11(21-10)6-14-9-4-3-7(22(13,19)20)5-8(9)12(17)18/h3-5,14H,2,6H2,1H3,(H,17,18)(H2,13,19,20). The lowest BCUT2D eigenvalue weighted by molar-refractivity contribution is 0.0697. The van der Waals surface area contributed by atoms with E-state index in [4.69, 9.17) is 5.14 Å². The Kier molecular flexibility index (Phi) is 4.74. The average molecular weight is 342 g/mol. The number of nitrogens with one attached hydrogen (secondary N) is 1.